The molecular formula is C48H49NS. The van der Waals surface area contributed by atoms with Gasteiger partial charge in [-0.1, -0.05) is 111 Å². The van der Waals surface area contributed by atoms with E-state index in [4.69, 9.17) is 0 Å². The first-order valence-corrected chi connectivity index (χ1v) is 20.5. The Kier molecular flexibility index (Phi) is 7.67. The van der Waals surface area contributed by atoms with Crippen LogP contribution >= 0.6 is 11.3 Å². The highest BCUT2D eigenvalue weighted by Crippen LogP contribution is 2.61. The van der Waals surface area contributed by atoms with E-state index in [-0.39, 0.29) is 5.41 Å². The molecule has 5 fully saturated rings. The van der Waals surface area contributed by atoms with E-state index in [1.807, 2.05) is 11.3 Å². The summed E-state index contributed by atoms with van der Waals surface area (Å²) < 4.78 is 2.72. The highest BCUT2D eigenvalue weighted by molar-refractivity contribution is 7.25. The van der Waals surface area contributed by atoms with E-state index in [1.54, 1.807) is 5.56 Å². The maximum absolute atomic E-state index is 2.52. The molecule has 2 heteroatoms. The number of fused-ring (bicyclic) bond motifs is 3. The zero-order valence-corrected chi connectivity index (χ0v) is 30.1. The summed E-state index contributed by atoms with van der Waals surface area (Å²) >= 11 is 1.91. The van der Waals surface area contributed by atoms with Crippen LogP contribution in [0, 0.1) is 17.8 Å². The maximum atomic E-state index is 2.52. The van der Waals surface area contributed by atoms with Gasteiger partial charge in [0, 0.05) is 42.6 Å². The van der Waals surface area contributed by atoms with Crippen LogP contribution in [0.25, 0.3) is 20.2 Å². The van der Waals surface area contributed by atoms with Crippen molar-refractivity contribution in [3.63, 3.8) is 0 Å². The molecule has 1 nitrogen and oxygen atoms in total. The molecule has 4 bridgehead atoms. The lowest BCUT2D eigenvalue weighted by Gasteiger charge is -2.57. The van der Waals surface area contributed by atoms with Crippen molar-refractivity contribution in [1.29, 1.82) is 0 Å². The molecule has 0 atom stereocenters. The van der Waals surface area contributed by atoms with Gasteiger partial charge < -0.3 is 4.90 Å². The Balaban J connectivity index is 1.06. The Bertz CT molecular complexity index is 2080. The first kappa shape index (κ1) is 30.9. The molecule has 11 rings (SSSR count). The molecule has 252 valence electrons. The van der Waals surface area contributed by atoms with E-state index >= 15 is 0 Å². The van der Waals surface area contributed by atoms with Crippen LogP contribution in [-0.2, 0) is 10.8 Å². The first-order valence-electron chi connectivity index (χ1n) is 19.6. The molecule has 5 saturated carbocycles. The SMILES string of the molecule is c1ccc(C2(c3ccc(N(c4ccc(C56CC7CC(CC(C7)C5)C6)cc4)c4ccc5c(c4)sc4ccccc45)cc3)CCCCCCC2)cc1. The first-order chi connectivity index (χ1) is 24.7. The van der Waals surface area contributed by atoms with Crippen LogP contribution in [0.4, 0.5) is 17.1 Å². The second-order valence-corrected chi connectivity index (χ2v) is 17.7. The minimum absolute atomic E-state index is 0.0839. The zero-order valence-electron chi connectivity index (χ0n) is 29.3. The zero-order chi connectivity index (χ0) is 33.1. The van der Waals surface area contributed by atoms with Crippen LogP contribution in [-0.4, -0.2) is 0 Å². The molecule has 50 heavy (non-hydrogen) atoms. The molecule has 1 heterocycles. The van der Waals surface area contributed by atoms with Crippen molar-refractivity contribution < 1.29 is 0 Å². The van der Waals surface area contributed by atoms with Gasteiger partial charge in [0.1, 0.15) is 0 Å². The summed E-state index contributed by atoms with van der Waals surface area (Å²) in [5.74, 6) is 2.88. The fourth-order valence-corrected chi connectivity index (χ4v) is 12.8. The van der Waals surface area contributed by atoms with Gasteiger partial charge in [0.2, 0.25) is 0 Å². The van der Waals surface area contributed by atoms with Gasteiger partial charge in [-0.05, 0) is 134 Å². The molecular weight excluding hydrogens is 623 g/mol. The van der Waals surface area contributed by atoms with E-state index in [9.17, 15) is 0 Å². The van der Waals surface area contributed by atoms with Crippen molar-refractivity contribution in [2.24, 2.45) is 17.8 Å². The van der Waals surface area contributed by atoms with Crippen molar-refractivity contribution in [3.8, 4) is 0 Å². The Morgan fingerprint density at radius 2 is 0.980 bits per heavy atom. The summed E-state index contributed by atoms with van der Waals surface area (Å²) in [5.41, 5.74) is 8.81. The van der Waals surface area contributed by atoms with Gasteiger partial charge in [0.15, 0.2) is 0 Å². The van der Waals surface area contributed by atoms with Gasteiger partial charge in [0.05, 0.1) is 0 Å². The Labute approximate surface area is 302 Å². The van der Waals surface area contributed by atoms with Gasteiger partial charge in [-0.2, -0.15) is 0 Å². The Morgan fingerprint density at radius 3 is 1.64 bits per heavy atom. The molecule has 0 saturated heterocycles. The molecule has 6 aromatic rings. The number of anilines is 3. The molecule has 5 aromatic carbocycles. The number of hydrogen-bond acceptors (Lipinski definition) is 2. The molecule has 0 amide bonds. The average Bonchev–Trinajstić information content (AvgIpc) is 3.50. The third-order valence-electron chi connectivity index (χ3n) is 13.6. The van der Waals surface area contributed by atoms with Crippen molar-refractivity contribution in [2.75, 3.05) is 4.90 Å². The summed E-state index contributed by atoms with van der Waals surface area (Å²) in [6, 6.07) is 47.1. The van der Waals surface area contributed by atoms with Crippen molar-refractivity contribution in [3.05, 3.63) is 138 Å². The monoisotopic (exact) mass is 671 g/mol. The van der Waals surface area contributed by atoms with E-state index in [0.717, 1.165) is 17.8 Å². The highest BCUT2D eigenvalue weighted by Gasteiger charge is 2.51. The quantitative estimate of drug-likeness (QED) is 0.170. The van der Waals surface area contributed by atoms with E-state index in [2.05, 4.69) is 126 Å². The van der Waals surface area contributed by atoms with Crippen LogP contribution in [0.3, 0.4) is 0 Å². The van der Waals surface area contributed by atoms with Crippen molar-refractivity contribution in [2.45, 2.75) is 94.3 Å². The van der Waals surface area contributed by atoms with Gasteiger partial charge in [0.25, 0.3) is 0 Å². The molecule has 1 aromatic heterocycles. The van der Waals surface area contributed by atoms with Gasteiger partial charge in [-0.3, -0.25) is 0 Å². The Morgan fingerprint density at radius 1 is 0.460 bits per heavy atom. The van der Waals surface area contributed by atoms with E-state index in [0.29, 0.717) is 5.41 Å². The smallest absolute Gasteiger partial charge is 0.0476 e. The number of nitrogens with zero attached hydrogens (tertiary/aromatic N) is 1. The van der Waals surface area contributed by atoms with Crippen LogP contribution in [0.15, 0.2) is 121 Å². The number of benzene rings is 5. The molecule has 0 N–H and O–H groups in total. The van der Waals surface area contributed by atoms with E-state index in [1.165, 1.54) is 132 Å². The molecule has 0 unspecified atom stereocenters. The lowest BCUT2D eigenvalue weighted by Crippen LogP contribution is -2.48. The fourth-order valence-electron chi connectivity index (χ4n) is 11.7. The third kappa shape index (κ3) is 5.24. The summed E-state index contributed by atoms with van der Waals surface area (Å²) in [6.45, 7) is 0. The van der Waals surface area contributed by atoms with Gasteiger partial charge in [-0.15, -0.1) is 11.3 Å². The lowest BCUT2D eigenvalue weighted by atomic mass is 9.48. The van der Waals surface area contributed by atoms with Crippen LogP contribution in [0.5, 0.6) is 0 Å². The molecule has 0 radical (unpaired) electrons. The lowest BCUT2D eigenvalue weighted by molar-refractivity contribution is -0.00518. The minimum atomic E-state index is 0.0839. The van der Waals surface area contributed by atoms with Gasteiger partial charge in [-0.25, -0.2) is 0 Å². The summed E-state index contributed by atoms with van der Waals surface area (Å²) in [4.78, 5) is 2.52. The fraction of sp³-hybridized carbons (Fsp3) is 0.375. The van der Waals surface area contributed by atoms with Crippen molar-refractivity contribution >= 4 is 48.6 Å². The summed E-state index contributed by atoms with van der Waals surface area (Å²) in [5, 5.41) is 2.72. The molecule has 5 aliphatic rings. The largest absolute Gasteiger partial charge is 0.310 e. The van der Waals surface area contributed by atoms with Crippen molar-refractivity contribution in [1.82, 2.24) is 0 Å². The topological polar surface area (TPSA) is 3.24 Å². The summed E-state index contributed by atoms with van der Waals surface area (Å²) in [7, 11) is 0. The summed E-state index contributed by atoms with van der Waals surface area (Å²) in [6.07, 6.45) is 17.8. The number of hydrogen-bond donors (Lipinski definition) is 0. The number of rotatable bonds is 6. The standard InChI is InChI=1S/C48H49NS/c1-2-9-25-48(26-10-3-1,38-11-5-4-6-12-38)39-17-21-41(22-18-39)49(42-23-24-44-43-13-7-8-14-45(43)50-46(44)30-42)40-19-15-37(16-20-40)47-31-34-27-35(32-47)29-36(28-34)33-47/h4-8,11-24,30,34-36H,1-3,9-10,25-29,31-33H2. The minimum Gasteiger partial charge on any atom is -0.310 e. The normalized spacial score (nSPS) is 25.8. The molecule has 0 spiro atoms. The molecule has 0 aliphatic heterocycles. The molecule has 5 aliphatic carbocycles. The second kappa shape index (κ2) is 12.4. The van der Waals surface area contributed by atoms with Crippen LogP contribution in [0.2, 0.25) is 0 Å². The van der Waals surface area contributed by atoms with Gasteiger partial charge >= 0.3 is 0 Å². The second-order valence-electron chi connectivity index (χ2n) is 16.6. The van der Waals surface area contributed by atoms with E-state index < -0.39 is 0 Å². The highest BCUT2D eigenvalue weighted by atomic mass is 32.1. The average molecular weight is 672 g/mol. The number of thiophene rings is 1. The van der Waals surface area contributed by atoms with Crippen LogP contribution < -0.4 is 4.90 Å². The predicted octanol–water partition coefficient (Wildman–Crippen LogP) is 14.0. The predicted molar refractivity (Wildman–Crippen MR) is 213 cm³/mol. The maximum Gasteiger partial charge on any atom is 0.0476 e. The third-order valence-corrected chi connectivity index (χ3v) is 14.7. The van der Waals surface area contributed by atoms with Crippen LogP contribution in [0.1, 0.15) is 100 Å². The Hall–Kier alpha value is -3.88.